The van der Waals surface area contributed by atoms with Crippen molar-refractivity contribution >= 4 is 38.4 Å². The second-order valence-corrected chi connectivity index (χ2v) is 12.3. The number of nitrogens with zero attached hydrogens (tertiary/aromatic N) is 3. The van der Waals surface area contributed by atoms with Gasteiger partial charge in [0.1, 0.15) is 16.9 Å². The van der Waals surface area contributed by atoms with Gasteiger partial charge in [0.05, 0.1) is 16.6 Å². The molecule has 11 heteroatoms. The number of nitrogens with one attached hydrogen (secondary N) is 1. The van der Waals surface area contributed by atoms with E-state index in [-0.39, 0.29) is 47.1 Å². The van der Waals surface area contributed by atoms with Crippen LogP contribution in [-0.2, 0) is 14.8 Å². The van der Waals surface area contributed by atoms with Gasteiger partial charge in [0.15, 0.2) is 0 Å². The van der Waals surface area contributed by atoms with Crippen molar-refractivity contribution in [3.63, 3.8) is 0 Å². The van der Waals surface area contributed by atoms with Crippen LogP contribution in [0, 0.1) is 11.2 Å². The Labute approximate surface area is 237 Å². The predicted octanol–water partition coefficient (Wildman–Crippen LogP) is 4.71. The maximum atomic E-state index is 15.0. The molecule has 2 heterocycles. The molecule has 0 saturated carbocycles. The zero-order valence-corrected chi connectivity index (χ0v) is 23.5. The number of hydrogen-bond donors (Lipinski definition) is 1. The Morgan fingerprint density at radius 2 is 1.73 bits per heavy atom. The number of allylic oxidation sites excluding steroid dienone is 3. The molecule has 0 bridgehead atoms. The molecule has 1 aromatic heterocycles. The van der Waals surface area contributed by atoms with Crippen LogP contribution in [0.15, 0.2) is 83.4 Å². The molecule has 1 aliphatic carbocycles. The van der Waals surface area contributed by atoms with Crippen molar-refractivity contribution in [3.8, 4) is 0 Å². The van der Waals surface area contributed by atoms with Gasteiger partial charge in [0.2, 0.25) is 5.91 Å². The SMILES string of the molecule is CC(C)(C(=O)N1CCN(C(=O)c2ccc(NS(=O)(=O)c3cccc4cccnc34)c(F)c2)CC1)C1=CCC(F)C=C1. The molecule has 1 fully saturated rings. The van der Waals surface area contributed by atoms with E-state index in [2.05, 4.69) is 9.71 Å². The monoisotopic (exact) mass is 580 g/mol. The summed E-state index contributed by atoms with van der Waals surface area (Å²) in [6, 6.07) is 11.7. The van der Waals surface area contributed by atoms with Crippen LogP contribution in [0.4, 0.5) is 14.5 Å². The topological polar surface area (TPSA) is 99.7 Å². The zero-order chi connectivity index (χ0) is 29.4. The number of carbonyl (C=O) groups is 2. The van der Waals surface area contributed by atoms with E-state index >= 15 is 4.39 Å². The molecule has 1 aliphatic heterocycles. The van der Waals surface area contributed by atoms with E-state index in [0.717, 1.165) is 11.6 Å². The summed E-state index contributed by atoms with van der Waals surface area (Å²) < 4.78 is 56.9. The smallest absolute Gasteiger partial charge is 0.264 e. The van der Waals surface area contributed by atoms with Crippen molar-refractivity contribution in [2.75, 3.05) is 30.9 Å². The number of rotatable bonds is 6. The van der Waals surface area contributed by atoms with Crippen molar-refractivity contribution in [2.45, 2.75) is 31.3 Å². The number of alkyl halides is 1. The molecular weight excluding hydrogens is 550 g/mol. The summed E-state index contributed by atoms with van der Waals surface area (Å²) in [7, 11) is -4.17. The van der Waals surface area contributed by atoms with Gasteiger partial charge in [-0.05, 0) is 49.8 Å². The summed E-state index contributed by atoms with van der Waals surface area (Å²) in [6.45, 7) is 4.72. The summed E-state index contributed by atoms with van der Waals surface area (Å²) in [5, 5.41) is 0.625. The predicted molar refractivity (Wildman–Crippen MR) is 152 cm³/mol. The molecule has 1 unspecified atom stereocenters. The minimum Gasteiger partial charge on any atom is -0.338 e. The standard InChI is InChI=1S/C30H30F2N4O4S/c1-30(2,22-9-11-23(31)12-10-22)29(38)36-17-15-35(16-18-36)28(37)21-8-13-25(24(32)19-21)34-41(39,40)26-7-3-5-20-6-4-14-33-27(20)26/h3-11,13-14,19,23,34H,12,15-18H2,1-2H3. The minimum absolute atomic E-state index is 0.0654. The van der Waals surface area contributed by atoms with E-state index in [4.69, 9.17) is 0 Å². The summed E-state index contributed by atoms with van der Waals surface area (Å²) >= 11 is 0. The van der Waals surface area contributed by atoms with Gasteiger partial charge in [0.25, 0.3) is 15.9 Å². The van der Waals surface area contributed by atoms with Crippen molar-refractivity contribution in [2.24, 2.45) is 5.41 Å². The van der Waals surface area contributed by atoms with E-state index in [1.54, 1.807) is 55.2 Å². The normalized spacial score (nSPS) is 17.9. The summed E-state index contributed by atoms with van der Waals surface area (Å²) in [6.07, 6.45) is 5.54. The Bertz CT molecular complexity index is 1670. The molecule has 0 spiro atoms. The number of anilines is 1. The first kappa shape index (κ1) is 28.4. The van der Waals surface area contributed by atoms with Crippen LogP contribution < -0.4 is 4.72 Å². The van der Waals surface area contributed by atoms with Gasteiger partial charge in [0, 0.05) is 49.7 Å². The number of halogens is 2. The van der Waals surface area contributed by atoms with E-state index < -0.39 is 33.3 Å². The highest BCUT2D eigenvalue weighted by atomic mass is 32.2. The first-order chi connectivity index (χ1) is 19.5. The van der Waals surface area contributed by atoms with Crippen molar-refractivity contribution in [1.82, 2.24) is 14.8 Å². The lowest BCUT2D eigenvalue weighted by Crippen LogP contribution is -2.53. The lowest BCUT2D eigenvalue weighted by atomic mass is 9.80. The number of piperazine rings is 1. The number of sulfonamides is 1. The number of amides is 2. The zero-order valence-electron chi connectivity index (χ0n) is 22.7. The highest BCUT2D eigenvalue weighted by Gasteiger charge is 2.37. The Hall–Kier alpha value is -4.12. The highest BCUT2D eigenvalue weighted by Crippen LogP contribution is 2.33. The van der Waals surface area contributed by atoms with E-state index in [9.17, 15) is 22.4 Å². The maximum Gasteiger partial charge on any atom is 0.264 e. The molecule has 41 heavy (non-hydrogen) atoms. The molecule has 1 saturated heterocycles. The van der Waals surface area contributed by atoms with Gasteiger partial charge >= 0.3 is 0 Å². The largest absolute Gasteiger partial charge is 0.338 e. The average molecular weight is 581 g/mol. The molecule has 3 aromatic rings. The lowest BCUT2D eigenvalue weighted by molar-refractivity contribution is -0.139. The molecule has 214 valence electrons. The molecule has 2 aromatic carbocycles. The van der Waals surface area contributed by atoms with Crippen LogP contribution in [0.25, 0.3) is 10.9 Å². The fourth-order valence-corrected chi connectivity index (χ4v) is 6.34. The minimum atomic E-state index is -4.17. The van der Waals surface area contributed by atoms with Gasteiger partial charge < -0.3 is 9.80 Å². The van der Waals surface area contributed by atoms with Gasteiger partial charge in [-0.2, -0.15) is 0 Å². The number of benzene rings is 2. The summed E-state index contributed by atoms with van der Waals surface area (Å²) in [5.41, 5.74) is -0.0428. The van der Waals surface area contributed by atoms with Gasteiger partial charge in [-0.15, -0.1) is 0 Å². The first-order valence-corrected chi connectivity index (χ1v) is 14.7. The lowest BCUT2D eigenvalue weighted by Gasteiger charge is -2.39. The number of aromatic nitrogens is 1. The Morgan fingerprint density at radius 1 is 1.02 bits per heavy atom. The van der Waals surface area contributed by atoms with Crippen LogP contribution in [0.3, 0.4) is 0 Å². The van der Waals surface area contributed by atoms with E-state index in [1.807, 2.05) is 0 Å². The number of fused-ring (bicyclic) bond motifs is 1. The van der Waals surface area contributed by atoms with Crippen LogP contribution >= 0.6 is 0 Å². The van der Waals surface area contributed by atoms with Gasteiger partial charge in [-0.1, -0.05) is 36.4 Å². The Morgan fingerprint density at radius 3 is 2.41 bits per heavy atom. The molecule has 8 nitrogen and oxygen atoms in total. The maximum absolute atomic E-state index is 15.0. The van der Waals surface area contributed by atoms with Gasteiger partial charge in [-0.3, -0.25) is 19.3 Å². The number of pyridine rings is 1. The average Bonchev–Trinajstić information content (AvgIpc) is 2.97. The number of para-hydroxylation sites is 1. The third-order valence-corrected chi connectivity index (χ3v) is 8.90. The van der Waals surface area contributed by atoms with Crippen LogP contribution in [0.2, 0.25) is 0 Å². The molecule has 2 amide bonds. The quantitative estimate of drug-likeness (QED) is 0.455. The molecule has 0 radical (unpaired) electrons. The second kappa shape index (κ2) is 11.0. The van der Waals surface area contributed by atoms with Crippen molar-refractivity contribution in [3.05, 3.63) is 89.9 Å². The second-order valence-electron chi connectivity index (χ2n) is 10.6. The Balaban J connectivity index is 1.24. The molecule has 2 aliphatic rings. The highest BCUT2D eigenvalue weighted by molar-refractivity contribution is 7.93. The Kier molecular flexibility index (Phi) is 7.65. The first-order valence-electron chi connectivity index (χ1n) is 13.2. The molecule has 1 N–H and O–H groups in total. The number of hydrogen-bond acceptors (Lipinski definition) is 5. The van der Waals surface area contributed by atoms with Crippen molar-refractivity contribution < 1.29 is 26.8 Å². The third-order valence-electron chi connectivity index (χ3n) is 7.50. The summed E-state index contributed by atoms with van der Waals surface area (Å²) in [4.78, 5) is 33.7. The number of carbonyl (C=O) groups excluding carboxylic acids is 2. The molecular formula is C30H30F2N4O4S. The third kappa shape index (κ3) is 5.72. The van der Waals surface area contributed by atoms with Crippen LogP contribution in [-0.4, -0.2) is 67.4 Å². The van der Waals surface area contributed by atoms with Crippen LogP contribution in [0.1, 0.15) is 30.6 Å². The summed E-state index contributed by atoms with van der Waals surface area (Å²) in [5.74, 6) is -1.43. The fourth-order valence-electron chi connectivity index (χ4n) is 5.10. The molecule has 5 rings (SSSR count). The molecule has 1 atom stereocenters. The van der Waals surface area contributed by atoms with Crippen LogP contribution in [0.5, 0.6) is 0 Å². The van der Waals surface area contributed by atoms with E-state index in [0.29, 0.717) is 18.5 Å². The van der Waals surface area contributed by atoms with Crippen molar-refractivity contribution in [1.29, 1.82) is 0 Å². The van der Waals surface area contributed by atoms with E-state index in [1.165, 1.54) is 35.4 Å². The van der Waals surface area contributed by atoms with Gasteiger partial charge in [-0.25, -0.2) is 17.2 Å². The fraction of sp³-hybridized carbons (Fsp3) is 0.300.